The maximum Gasteiger partial charge on any atom is 0.224 e. The first kappa shape index (κ1) is 14.7. The number of benzene rings is 1. The van der Waals surface area contributed by atoms with E-state index in [1.165, 1.54) is 12.1 Å². The highest BCUT2D eigenvalue weighted by molar-refractivity contribution is 9.10. The molecule has 104 valence electrons. The summed E-state index contributed by atoms with van der Waals surface area (Å²) in [5, 5.41) is 2.87. The lowest BCUT2D eigenvalue weighted by Gasteiger charge is -2.13. The summed E-state index contributed by atoms with van der Waals surface area (Å²) in [6.07, 6.45) is 1.88. The summed E-state index contributed by atoms with van der Waals surface area (Å²) in [7, 11) is 0. The van der Waals surface area contributed by atoms with E-state index in [4.69, 9.17) is 0 Å². The Hall–Kier alpha value is -1.75. The van der Waals surface area contributed by atoms with Gasteiger partial charge in [0.2, 0.25) is 5.91 Å². The van der Waals surface area contributed by atoms with Gasteiger partial charge in [0.25, 0.3) is 0 Å². The van der Waals surface area contributed by atoms with Crippen LogP contribution in [-0.4, -0.2) is 10.9 Å². The standard InChI is InChI=1S/C15H14BrFN2O/c1-10(14-4-2-3-7-18-14)19-15(20)8-11-5-6-12(17)9-13(11)16/h2-7,9-10H,8H2,1H3,(H,19,20). The van der Waals surface area contributed by atoms with E-state index >= 15 is 0 Å². The summed E-state index contributed by atoms with van der Waals surface area (Å²) in [6, 6.07) is 9.70. The fraction of sp³-hybridized carbons (Fsp3) is 0.200. The van der Waals surface area contributed by atoms with Crippen LogP contribution in [0.15, 0.2) is 47.1 Å². The zero-order chi connectivity index (χ0) is 14.5. The molecule has 0 saturated carbocycles. The average molecular weight is 337 g/mol. The van der Waals surface area contributed by atoms with Crippen LogP contribution in [-0.2, 0) is 11.2 Å². The molecule has 3 nitrogen and oxygen atoms in total. The van der Waals surface area contributed by atoms with E-state index in [0.717, 1.165) is 11.3 Å². The molecule has 0 spiro atoms. The summed E-state index contributed by atoms with van der Waals surface area (Å²) in [5.41, 5.74) is 1.55. The molecule has 1 aromatic carbocycles. The van der Waals surface area contributed by atoms with Gasteiger partial charge in [-0.2, -0.15) is 0 Å². The Bertz CT molecular complexity index is 604. The first-order chi connectivity index (χ1) is 9.56. The third-order valence-electron chi connectivity index (χ3n) is 2.88. The van der Waals surface area contributed by atoms with Gasteiger partial charge in [0.1, 0.15) is 5.82 Å². The number of halogens is 2. The van der Waals surface area contributed by atoms with Crippen LogP contribution in [0, 0.1) is 5.82 Å². The lowest BCUT2D eigenvalue weighted by molar-refractivity contribution is -0.121. The number of rotatable bonds is 4. The van der Waals surface area contributed by atoms with Crippen LogP contribution in [0.2, 0.25) is 0 Å². The minimum Gasteiger partial charge on any atom is -0.348 e. The number of nitrogens with one attached hydrogen (secondary N) is 1. The molecule has 0 aliphatic rings. The molecular weight excluding hydrogens is 323 g/mol. The normalized spacial score (nSPS) is 11.9. The van der Waals surface area contributed by atoms with Gasteiger partial charge in [-0.1, -0.05) is 28.1 Å². The summed E-state index contributed by atoms with van der Waals surface area (Å²) >= 11 is 3.25. The van der Waals surface area contributed by atoms with Gasteiger partial charge in [-0.15, -0.1) is 0 Å². The highest BCUT2D eigenvalue weighted by Crippen LogP contribution is 2.19. The van der Waals surface area contributed by atoms with Crippen LogP contribution in [0.4, 0.5) is 4.39 Å². The number of amides is 1. The second kappa shape index (κ2) is 6.61. The quantitative estimate of drug-likeness (QED) is 0.929. The van der Waals surface area contributed by atoms with E-state index in [2.05, 4.69) is 26.2 Å². The number of pyridine rings is 1. The third-order valence-corrected chi connectivity index (χ3v) is 3.61. The Morgan fingerprint density at radius 2 is 2.20 bits per heavy atom. The van der Waals surface area contributed by atoms with Crippen molar-refractivity contribution >= 4 is 21.8 Å². The van der Waals surface area contributed by atoms with Crippen LogP contribution in [0.25, 0.3) is 0 Å². The van der Waals surface area contributed by atoms with E-state index in [0.29, 0.717) is 4.47 Å². The Balaban J connectivity index is 1.99. The zero-order valence-electron chi connectivity index (χ0n) is 10.9. The molecule has 20 heavy (non-hydrogen) atoms. The molecule has 2 aromatic rings. The Labute approximate surface area is 125 Å². The molecule has 0 aliphatic heterocycles. The maximum absolute atomic E-state index is 13.0. The van der Waals surface area contributed by atoms with Crippen molar-refractivity contribution in [2.45, 2.75) is 19.4 Å². The molecule has 1 aromatic heterocycles. The topological polar surface area (TPSA) is 42.0 Å². The number of hydrogen-bond donors (Lipinski definition) is 1. The van der Waals surface area contributed by atoms with Gasteiger partial charge in [0, 0.05) is 10.7 Å². The van der Waals surface area contributed by atoms with Crippen molar-refractivity contribution in [3.8, 4) is 0 Å². The monoisotopic (exact) mass is 336 g/mol. The third kappa shape index (κ3) is 3.87. The SMILES string of the molecule is CC(NC(=O)Cc1ccc(F)cc1Br)c1ccccn1. The highest BCUT2D eigenvalue weighted by atomic mass is 79.9. The number of aromatic nitrogens is 1. The molecular formula is C15H14BrFN2O. The van der Waals surface area contributed by atoms with Gasteiger partial charge in [0.05, 0.1) is 18.2 Å². The van der Waals surface area contributed by atoms with Crippen molar-refractivity contribution < 1.29 is 9.18 Å². The molecule has 1 atom stereocenters. The molecule has 0 aliphatic carbocycles. The second-order valence-electron chi connectivity index (χ2n) is 4.46. The molecule has 2 rings (SSSR count). The fourth-order valence-corrected chi connectivity index (χ4v) is 2.33. The summed E-state index contributed by atoms with van der Waals surface area (Å²) in [6.45, 7) is 1.87. The zero-order valence-corrected chi connectivity index (χ0v) is 12.5. The van der Waals surface area contributed by atoms with Crippen molar-refractivity contribution in [1.82, 2.24) is 10.3 Å². The summed E-state index contributed by atoms with van der Waals surface area (Å²) in [5.74, 6) is -0.460. The lowest BCUT2D eigenvalue weighted by Crippen LogP contribution is -2.28. The molecule has 0 saturated heterocycles. The molecule has 1 unspecified atom stereocenters. The molecule has 0 fully saturated rings. The van der Waals surface area contributed by atoms with Crippen molar-refractivity contribution in [1.29, 1.82) is 0 Å². The first-order valence-electron chi connectivity index (χ1n) is 6.20. The maximum atomic E-state index is 13.0. The lowest BCUT2D eigenvalue weighted by atomic mass is 10.1. The van der Waals surface area contributed by atoms with Crippen LogP contribution in [0.3, 0.4) is 0 Å². The highest BCUT2D eigenvalue weighted by Gasteiger charge is 2.12. The van der Waals surface area contributed by atoms with Crippen LogP contribution in [0.1, 0.15) is 24.2 Å². The van der Waals surface area contributed by atoms with E-state index < -0.39 is 0 Å². The van der Waals surface area contributed by atoms with E-state index in [1.807, 2.05) is 25.1 Å². The predicted octanol–water partition coefficient (Wildman–Crippen LogP) is 3.40. The van der Waals surface area contributed by atoms with Gasteiger partial charge in [-0.05, 0) is 36.8 Å². The first-order valence-corrected chi connectivity index (χ1v) is 7.00. The van der Waals surface area contributed by atoms with Gasteiger partial charge in [-0.25, -0.2) is 4.39 Å². The Morgan fingerprint density at radius 1 is 1.40 bits per heavy atom. The van der Waals surface area contributed by atoms with Gasteiger partial charge in [0.15, 0.2) is 0 Å². The summed E-state index contributed by atoms with van der Waals surface area (Å²) < 4.78 is 13.6. The number of carbonyl (C=O) groups excluding carboxylic acids is 1. The fourth-order valence-electron chi connectivity index (χ4n) is 1.84. The van der Waals surface area contributed by atoms with Crippen molar-refractivity contribution in [3.63, 3.8) is 0 Å². The average Bonchev–Trinajstić information content (AvgIpc) is 2.43. The molecule has 1 N–H and O–H groups in total. The van der Waals surface area contributed by atoms with Crippen molar-refractivity contribution in [3.05, 3.63) is 64.1 Å². The number of carbonyl (C=O) groups is 1. The van der Waals surface area contributed by atoms with Gasteiger partial charge < -0.3 is 5.32 Å². The Kier molecular flexibility index (Phi) is 4.84. The van der Waals surface area contributed by atoms with E-state index in [1.54, 1.807) is 12.3 Å². The minimum atomic E-state index is -0.331. The number of nitrogens with zero attached hydrogens (tertiary/aromatic N) is 1. The Morgan fingerprint density at radius 3 is 2.85 bits per heavy atom. The van der Waals surface area contributed by atoms with Crippen LogP contribution >= 0.6 is 15.9 Å². The molecule has 0 radical (unpaired) electrons. The second-order valence-corrected chi connectivity index (χ2v) is 5.31. The van der Waals surface area contributed by atoms with Crippen LogP contribution < -0.4 is 5.32 Å². The van der Waals surface area contributed by atoms with Crippen LogP contribution in [0.5, 0.6) is 0 Å². The molecule has 1 heterocycles. The smallest absolute Gasteiger partial charge is 0.224 e. The minimum absolute atomic E-state index is 0.129. The van der Waals surface area contributed by atoms with Gasteiger partial charge >= 0.3 is 0 Å². The van der Waals surface area contributed by atoms with E-state index in [-0.39, 0.29) is 24.2 Å². The molecule has 5 heteroatoms. The predicted molar refractivity (Wildman–Crippen MR) is 78.6 cm³/mol. The summed E-state index contributed by atoms with van der Waals surface area (Å²) in [4.78, 5) is 16.2. The number of hydrogen-bond acceptors (Lipinski definition) is 2. The van der Waals surface area contributed by atoms with E-state index in [9.17, 15) is 9.18 Å². The molecule has 0 bridgehead atoms. The van der Waals surface area contributed by atoms with Crippen molar-refractivity contribution in [2.24, 2.45) is 0 Å². The van der Waals surface area contributed by atoms with Crippen molar-refractivity contribution in [2.75, 3.05) is 0 Å². The molecule has 1 amide bonds. The van der Waals surface area contributed by atoms with Gasteiger partial charge in [-0.3, -0.25) is 9.78 Å². The largest absolute Gasteiger partial charge is 0.348 e.